The van der Waals surface area contributed by atoms with Crippen molar-refractivity contribution in [1.82, 2.24) is 0 Å². The second-order valence-electron chi connectivity index (χ2n) is 4.39. The van der Waals surface area contributed by atoms with Crippen molar-refractivity contribution in [3.63, 3.8) is 0 Å². The zero-order valence-corrected chi connectivity index (χ0v) is 13.6. The van der Waals surface area contributed by atoms with Crippen LogP contribution in [-0.4, -0.2) is 12.4 Å². The first-order chi connectivity index (χ1) is 9.52. The Morgan fingerprint density at radius 2 is 2.00 bits per heavy atom. The summed E-state index contributed by atoms with van der Waals surface area (Å²) in [5, 5.41) is 0.472. The molecule has 4 heteroatoms. The first-order valence-corrected chi connectivity index (χ1v) is 7.43. The van der Waals surface area contributed by atoms with Gasteiger partial charge in [-0.2, -0.15) is 0 Å². The molecule has 0 amide bonds. The summed E-state index contributed by atoms with van der Waals surface area (Å²) in [5.41, 5.74) is 2.11. The normalized spacial score (nSPS) is 10.4. The highest BCUT2D eigenvalue weighted by molar-refractivity contribution is 9.10. The monoisotopic (exact) mass is 352 g/mol. The van der Waals surface area contributed by atoms with Gasteiger partial charge in [-0.05, 0) is 65.7 Å². The molecule has 104 valence electrons. The second-order valence-corrected chi connectivity index (χ2v) is 5.65. The number of halogens is 2. The molecule has 2 rings (SSSR count). The van der Waals surface area contributed by atoms with Crippen LogP contribution in [0.2, 0.25) is 5.02 Å². The fourth-order valence-electron chi connectivity index (χ4n) is 1.87. The number of carbonyl (C=O) groups is 1. The molecule has 20 heavy (non-hydrogen) atoms. The largest absolute Gasteiger partial charge is 0.493 e. The number of ether oxygens (including phenoxy) is 1. The number of hydrogen-bond acceptors (Lipinski definition) is 2. The third-order valence-electron chi connectivity index (χ3n) is 2.86. The Morgan fingerprint density at radius 1 is 1.25 bits per heavy atom. The van der Waals surface area contributed by atoms with Crippen molar-refractivity contribution in [2.45, 2.75) is 13.8 Å². The van der Waals surface area contributed by atoms with E-state index in [1.807, 2.05) is 19.9 Å². The summed E-state index contributed by atoms with van der Waals surface area (Å²) in [5.74, 6) is 0.623. The lowest BCUT2D eigenvalue weighted by molar-refractivity contribution is 0.103. The Hall–Kier alpha value is -1.32. The molecule has 0 aliphatic carbocycles. The number of benzene rings is 2. The van der Waals surface area contributed by atoms with Crippen molar-refractivity contribution in [3.8, 4) is 5.75 Å². The van der Waals surface area contributed by atoms with E-state index in [1.165, 1.54) is 0 Å². The van der Waals surface area contributed by atoms with Crippen LogP contribution in [0.3, 0.4) is 0 Å². The second kappa shape index (κ2) is 6.42. The lowest BCUT2D eigenvalue weighted by Gasteiger charge is -2.08. The van der Waals surface area contributed by atoms with E-state index in [-0.39, 0.29) is 5.78 Å². The molecule has 2 aromatic carbocycles. The molecule has 2 nitrogen and oxygen atoms in total. The van der Waals surface area contributed by atoms with Gasteiger partial charge in [-0.25, -0.2) is 0 Å². The van der Waals surface area contributed by atoms with E-state index in [4.69, 9.17) is 16.3 Å². The summed E-state index contributed by atoms with van der Waals surface area (Å²) in [7, 11) is 0. The molecule has 0 heterocycles. The van der Waals surface area contributed by atoms with Crippen LogP contribution in [0, 0.1) is 6.92 Å². The van der Waals surface area contributed by atoms with Crippen molar-refractivity contribution < 1.29 is 9.53 Å². The Bertz CT molecular complexity index is 653. The summed E-state index contributed by atoms with van der Waals surface area (Å²) in [6.45, 7) is 4.43. The lowest BCUT2D eigenvalue weighted by Crippen LogP contribution is -2.03. The van der Waals surface area contributed by atoms with E-state index in [2.05, 4.69) is 15.9 Å². The van der Waals surface area contributed by atoms with Gasteiger partial charge in [0.2, 0.25) is 0 Å². The molecule has 0 N–H and O–H groups in total. The Labute approximate surface area is 131 Å². The van der Waals surface area contributed by atoms with Crippen LogP contribution >= 0.6 is 27.5 Å². The Morgan fingerprint density at radius 3 is 2.60 bits per heavy atom. The summed E-state index contributed by atoms with van der Waals surface area (Å²) in [6, 6.07) is 10.7. The SMILES string of the molecule is CCOc1ccc(C(=O)c2ccc(C)cc2Cl)cc1Br. The molecule has 0 radical (unpaired) electrons. The van der Waals surface area contributed by atoms with Gasteiger partial charge in [-0.1, -0.05) is 17.7 Å². The molecule has 0 aromatic heterocycles. The molecular weight excluding hydrogens is 340 g/mol. The Balaban J connectivity index is 2.36. The molecule has 0 fully saturated rings. The van der Waals surface area contributed by atoms with Crippen molar-refractivity contribution >= 4 is 33.3 Å². The molecule has 0 spiro atoms. The summed E-state index contributed by atoms with van der Waals surface area (Å²) in [6.07, 6.45) is 0. The Kier molecular flexibility index (Phi) is 4.84. The topological polar surface area (TPSA) is 26.3 Å². The van der Waals surface area contributed by atoms with Gasteiger partial charge in [-0.15, -0.1) is 0 Å². The van der Waals surface area contributed by atoms with Crippen molar-refractivity contribution in [3.05, 3.63) is 62.6 Å². The molecule has 0 saturated carbocycles. The lowest BCUT2D eigenvalue weighted by atomic mass is 10.0. The van der Waals surface area contributed by atoms with Gasteiger partial charge in [0.25, 0.3) is 0 Å². The highest BCUT2D eigenvalue weighted by Crippen LogP contribution is 2.28. The highest BCUT2D eigenvalue weighted by atomic mass is 79.9. The minimum atomic E-state index is -0.0984. The minimum Gasteiger partial charge on any atom is -0.493 e. The van der Waals surface area contributed by atoms with E-state index in [1.54, 1.807) is 30.3 Å². The summed E-state index contributed by atoms with van der Waals surface area (Å²) in [4.78, 5) is 12.5. The quantitative estimate of drug-likeness (QED) is 0.720. The fraction of sp³-hybridized carbons (Fsp3) is 0.188. The van der Waals surface area contributed by atoms with Crippen LogP contribution in [-0.2, 0) is 0 Å². The van der Waals surface area contributed by atoms with Crippen LogP contribution in [0.4, 0.5) is 0 Å². The smallest absolute Gasteiger partial charge is 0.194 e. The van der Waals surface area contributed by atoms with Gasteiger partial charge < -0.3 is 4.74 Å². The molecule has 0 bridgehead atoms. The average Bonchev–Trinajstić information content (AvgIpc) is 2.40. The van der Waals surface area contributed by atoms with Gasteiger partial charge in [0.05, 0.1) is 16.1 Å². The minimum absolute atomic E-state index is 0.0984. The average molecular weight is 354 g/mol. The third-order valence-corrected chi connectivity index (χ3v) is 3.80. The maximum Gasteiger partial charge on any atom is 0.194 e. The zero-order valence-electron chi connectivity index (χ0n) is 11.2. The zero-order chi connectivity index (χ0) is 14.7. The van der Waals surface area contributed by atoms with Gasteiger partial charge >= 0.3 is 0 Å². The molecule has 2 aromatic rings. The first-order valence-electron chi connectivity index (χ1n) is 6.26. The van der Waals surface area contributed by atoms with Crippen LogP contribution < -0.4 is 4.74 Å². The molecule has 0 aliphatic rings. The third kappa shape index (κ3) is 3.22. The number of aryl methyl sites for hydroxylation is 1. The van der Waals surface area contributed by atoms with Crippen LogP contribution in [0.5, 0.6) is 5.75 Å². The number of rotatable bonds is 4. The highest BCUT2D eigenvalue weighted by Gasteiger charge is 2.14. The predicted octanol–water partition coefficient (Wildman–Crippen LogP) is 5.04. The standard InChI is InChI=1S/C16H14BrClO2/c1-3-20-15-7-5-11(9-13(15)17)16(19)12-6-4-10(2)8-14(12)18/h4-9H,3H2,1-2H3. The van der Waals surface area contributed by atoms with Crippen molar-refractivity contribution in [1.29, 1.82) is 0 Å². The number of ketones is 1. The number of hydrogen-bond donors (Lipinski definition) is 0. The summed E-state index contributed by atoms with van der Waals surface area (Å²) >= 11 is 9.55. The number of carbonyl (C=O) groups excluding carboxylic acids is 1. The van der Waals surface area contributed by atoms with Crippen molar-refractivity contribution in [2.24, 2.45) is 0 Å². The van der Waals surface area contributed by atoms with Gasteiger partial charge in [0.15, 0.2) is 5.78 Å². The van der Waals surface area contributed by atoms with E-state index in [9.17, 15) is 4.79 Å². The molecule has 0 aliphatic heterocycles. The molecule has 0 unspecified atom stereocenters. The maximum absolute atomic E-state index is 12.5. The van der Waals surface area contributed by atoms with E-state index >= 15 is 0 Å². The van der Waals surface area contributed by atoms with E-state index in [0.29, 0.717) is 22.8 Å². The van der Waals surface area contributed by atoms with Crippen LogP contribution in [0.15, 0.2) is 40.9 Å². The van der Waals surface area contributed by atoms with E-state index < -0.39 is 0 Å². The van der Waals surface area contributed by atoms with Gasteiger partial charge in [0, 0.05) is 11.1 Å². The maximum atomic E-state index is 12.5. The fourth-order valence-corrected chi connectivity index (χ4v) is 2.69. The van der Waals surface area contributed by atoms with Gasteiger partial charge in [0.1, 0.15) is 5.75 Å². The molecule has 0 saturated heterocycles. The van der Waals surface area contributed by atoms with Gasteiger partial charge in [-0.3, -0.25) is 4.79 Å². The molecular formula is C16H14BrClO2. The van der Waals surface area contributed by atoms with Crippen molar-refractivity contribution in [2.75, 3.05) is 6.61 Å². The van der Waals surface area contributed by atoms with Crippen LogP contribution in [0.25, 0.3) is 0 Å². The van der Waals surface area contributed by atoms with E-state index in [0.717, 1.165) is 15.8 Å². The predicted molar refractivity (Wildman–Crippen MR) is 84.9 cm³/mol. The van der Waals surface area contributed by atoms with Crippen LogP contribution in [0.1, 0.15) is 28.4 Å². The first kappa shape index (κ1) is 15.1. The molecule has 0 atom stereocenters. The summed E-state index contributed by atoms with van der Waals surface area (Å²) < 4.78 is 6.19.